The minimum absolute atomic E-state index is 0.630. The van der Waals surface area contributed by atoms with E-state index >= 15 is 0 Å². The van der Waals surface area contributed by atoms with Crippen LogP contribution in [0.15, 0.2) is 49.2 Å². The molecule has 0 aliphatic heterocycles. The van der Waals surface area contributed by atoms with Gasteiger partial charge >= 0.3 is 0 Å². The van der Waals surface area contributed by atoms with Gasteiger partial charge in [0.05, 0.1) is 7.11 Å². The Bertz CT molecular complexity index is 488. The van der Waals surface area contributed by atoms with Crippen LogP contribution in [0.25, 0.3) is 17.2 Å². The SMILES string of the molecule is C=Cc1ccc(-c2ccnc(OC)c2)cc1. The Balaban J connectivity index is 2.38. The summed E-state index contributed by atoms with van der Waals surface area (Å²) in [5, 5.41) is 0. The lowest BCUT2D eigenvalue weighted by Gasteiger charge is -2.04. The number of benzene rings is 1. The minimum Gasteiger partial charge on any atom is -0.481 e. The van der Waals surface area contributed by atoms with Crippen LogP contribution in [-0.4, -0.2) is 12.1 Å². The molecule has 2 aromatic rings. The molecule has 0 unspecified atom stereocenters. The Labute approximate surface area is 95.2 Å². The number of pyridine rings is 1. The van der Waals surface area contributed by atoms with Gasteiger partial charge in [-0.25, -0.2) is 4.98 Å². The lowest BCUT2D eigenvalue weighted by Crippen LogP contribution is -1.87. The van der Waals surface area contributed by atoms with Crippen LogP contribution in [0, 0.1) is 0 Å². The topological polar surface area (TPSA) is 22.1 Å². The maximum atomic E-state index is 5.09. The number of ether oxygens (including phenoxy) is 1. The molecule has 1 aromatic heterocycles. The molecule has 0 amide bonds. The van der Waals surface area contributed by atoms with E-state index in [0.29, 0.717) is 5.88 Å². The van der Waals surface area contributed by atoms with Crippen LogP contribution >= 0.6 is 0 Å². The van der Waals surface area contributed by atoms with Gasteiger partial charge in [-0.2, -0.15) is 0 Å². The monoisotopic (exact) mass is 211 g/mol. The van der Waals surface area contributed by atoms with Crippen LogP contribution in [0.3, 0.4) is 0 Å². The average Bonchev–Trinajstić information content (AvgIpc) is 2.39. The number of methoxy groups -OCH3 is 1. The summed E-state index contributed by atoms with van der Waals surface area (Å²) in [6, 6.07) is 12.1. The van der Waals surface area contributed by atoms with Gasteiger partial charge in [0.25, 0.3) is 0 Å². The maximum absolute atomic E-state index is 5.09. The number of hydrogen-bond donors (Lipinski definition) is 0. The second kappa shape index (κ2) is 4.62. The molecule has 0 saturated heterocycles. The number of nitrogens with zero attached hydrogens (tertiary/aromatic N) is 1. The zero-order valence-corrected chi connectivity index (χ0v) is 9.18. The summed E-state index contributed by atoms with van der Waals surface area (Å²) < 4.78 is 5.09. The Hall–Kier alpha value is -2.09. The van der Waals surface area contributed by atoms with E-state index in [1.807, 2.05) is 30.3 Å². The molecule has 0 atom stereocenters. The van der Waals surface area contributed by atoms with Gasteiger partial charge in [0.15, 0.2) is 0 Å². The van der Waals surface area contributed by atoms with Crippen LogP contribution < -0.4 is 4.74 Å². The lowest BCUT2D eigenvalue weighted by molar-refractivity contribution is 0.398. The fourth-order valence-corrected chi connectivity index (χ4v) is 1.51. The van der Waals surface area contributed by atoms with E-state index in [4.69, 9.17) is 4.74 Å². The molecule has 2 rings (SSSR count). The molecule has 1 aromatic carbocycles. The van der Waals surface area contributed by atoms with Crippen molar-refractivity contribution in [2.45, 2.75) is 0 Å². The van der Waals surface area contributed by atoms with Gasteiger partial charge in [0.2, 0.25) is 5.88 Å². The predicted octanol–water partition coefficient (Wildman–Crippen LogP) is 3.40. The van der Waals surface area contributed by atoms with E-state index < -0.39 is 0 Å². The van der Waals surface area contributed by atoms with E-state index in [9.17, 15) is 0 Å². The van der Waals surface area contributed by atoms with Gasteiger partial charge in [0, 0.05) is 12.3 Å². The summed E-state index contributed by atoms with van der Waals surface area (Å²) in [5.41, 5.74) is 3.36. The predicted molar refractivity (Wildman–Crippen MR) is 66.3 cm³/mol. The van der Waals surface area contributed by atoms with Crippen LogP contribution in [0.4, 0.5) is 0 Å². The summed E-state index contributed by atoms with van der Waals surface area (Å²) >= 11 is 0. The zero-order valence-electron chi connectivity index (χ0n) is 9.18. The van der Waals surface area contributed by atoms with Crippen molar-refractivity contribution in [2.75, 3.05) is 7.11 Å². The quantitative estimate of drug-likeness (QED) is 0.776. The number of rotatable bonds is 3. The molecular formula is C14H13NO. The Morgan fingerprint density at radius 2 is 1.88 bits per heavy atom. The highest BCUT2D eigenvalue weighted by molar-refractivity contribution is 5.65. The molecule has 0 aliphatic carbocycles. The lowest BCUT2D eigenvalue weighted by atomic mass is 10.1. The first-order valence-electron chi connectivity index (χ1n) is 5.06. The third kappa shape index (κ3) is 2.11. The van der Waals surface area contributed by atoms with Crippen molar-refractivity contribution >= 4 is 6.08 Å². The summed E-state index contributed by atoms with van der Waals surface area (Å²) in [4.78, 5) is 4.08. The summed E-state index contributed by atoms with van der Waals surface area (Å²) in [5.74, 6) is 0.630. The van der Waals surface area contributed by atoms with Crippen molar-refractivity contribution < 1.29 is 4.74 Å². The molecule has 0 bridgehead atoms. The Morgan fingerprint density at radius 3 is 2.50 bits per heavy atom. The second-order valence-electron chi connectivity index (χ2n) is 3.41. The van der Waals surface area contributed by atoms with E-state index in [1.54, 1.807) is 13.3 Å². The third-order valence-electron chi connectivity index (χ3n) is 2.42. The van der Waals surface area contributed by atoms with E-state index in [2.05, 4.69) is 23.7 Å². The van der Waals surface area contributed by atoms with Crippen molar-refractivity contribution in [2.24, 2.45) is 0 Å². The number of aromatic nitrogens is 1. The highest BCUT2D eigenvalue weighted by Gasteiger charge is 1.99. The van der Waals surface area contributed by atoms with Crippen LogP contribution in [0.2, 0.25) is 0 Å². The highest BCUT2D eigenvalue weighted by Crippen LogP contribution is 2.22. The molecule has 0 saturated carbocycles. The molecule has 0 N–H and O–H groups in total. The van der Waals surface area contributed by atoms with Crippen molar-refractivity contribution in [3.05, 3.63) is 54.7 Å². The summed E-state index contributed by atoms with van der Waals surface area (Å²) in [6.45, 7) is 3.73. The van der Waals surface area contributed by atoms with Crippen molar-refractivity contribution in [1.29, 1.82) is 0 Å². The van der Waals surface area contributed by atoms with Crippen LogP contribution in [0.1, 0.15) is 5.56 Å². The van der Waals surface area contributed by atoms with E-state index in [-0.39, 0.29) is 0 Å². The molecule has 0 fully saturated rings. The van der Waals surface area contributed by atoms with E-state index in [0.717, 1.165) is 16.7 Å². The van der Waals surface area contributed by atoms with E-state index in [1.165, 1.54) is 0 Å². The van der Waals surface area contributed by atoms with Gasteiger partial charge in [0.1, 0.15) is 0 Å². The van der Waals surface area contributed by atoms with Gasteiger partial charge in [-0.05, 0) is 22.8 Å². The first-order valence-corrected chi connectivity index (χ1v) is 5.06. The van der Waals surface area contributed by atoms with Crippen molar-refractivity contribution in [3.63, 3.8) is 0 Å². The molecule has 2 heteroatoms. The summed E-state index contributed by atoms with van der Waals surface area (Å²) in [7, 11) is 1.62. The van der Waals surface area contributed by atoms with Crippen molar-refractivity contribution in [1.82, 2.24) is 4.98 Å². The van der Waals surface area contributed by atoms with Gasteiger partial charge in [-0.15, -0.1) is 0 Å². The smallest absolute Gasteiger partial charge is 0.213 e. The fraction of sp³-hybridized carbons (Fsp3) is 0.0714. The first-order chi connectivity index (χ1) is 7.83. The normalized spacial score (nSPS) is 9.81. The standard InChI is InChI=1S/C14H13NO/c1-3-11-4-6-12(7-5-11)13-8-9-15-14(10-13)16-2/h3-10H,1H2,2H3. The van der Waals surface area contributed by atoms with Crippen molar-refractivity contribution in [3.8, 4) is 17.0 Å². The second-order valence-corrected chi connectivity index (χ2v) is 3.41. The minimum atomic E-state index is 0.630. The largest absolute Gasteiger partial charge is 0.481 e. The number of hydrogen-bond acceptors (Lipinski definition) is 2. The van der Waals surface area contributed by atoms with Gasteiger partial charge in [-0.3, -0.25) is 0 Å². The molecule has 2 nitrogen and oxygen atoms in total. The maximum Gasteiger partial charge on any atom is 0.213 e. The first kappa shape index (κ1) is 10.4. The highest BCUT2D eigenvalue weighted by atomic mass is 16.5. The van der Waals surface area contributed by atoms with Gasteiger partial charge in [-0.1, -0.05) is 36.9 Å². The molecule has 0 radical (unpaired) electrons. The van der Waals surface area contributed by atoms with Gasteiger partial charge < -0.3 is 4.74 Å². The Kier molecular flexibility index (Phi) is 3.01. The third-order valence-corrected chi connectivity index (χ3v) is 2.42. The molecule has 16 heavy (non-hydrogen) atoms. The average molecular weight is 211 g/mol. The summed E-state index contributed by atoms with van der Waals surface area (Å²) in [6.07, 6.45) is 3.58. The van der Waals surface area contributed by atoms with Crippen LogP contribution in [-0.2, 0) is 0 Å². The molecule has 1 heterocycles. The molecule has 0 aliphatic rings. The fourth-order valence-electron chi connectivity index (χ4n) is 1.51. The Morgan fingerprint density at radius 1 is 1.12 bits per heavy atom. The molecule has 0 spiro atoms. The zero-order chi connectivity index (χ0) is 11.4. The molecule has 80 valence electrons. The van der Waals surface area contributed by atoms with Crippen LogP contribution in [0.5, 0.6) is 5.88 Å². The molecular weight excluding hydrogens is 198 g/mol.